The van der Waals surface area contributed by atoms with Gasteiger partial charge in [-0.05, 0) is 36.9 Å². The number of primary amides is 1. The van der Waals surface area contributed by atoms with Crippen molar-refractivity contribution in [3.05, 3.63) is 41.7 Å². The van der Waals surface area contributed by atoms with Crippen LogP contribution in [0.5, 0.6) is 5.75 Å². The summed E-state index contributed by atoms with van der Waals surface area (Å²) in [5.74, 6) is -0.567. The van der Waals surface area contributed by atoms with Gasteiger partial charge in [-0.3, -0.25) is 9.59 Å². The van der Waals surface area contributed by atoms with E-state index in [2.05, 4.69) is 32.1 Å². The van der Waals surface area contributed by atoms with Gasteiger partial charge in [-0.2, -0.15) is 0 Å². The monoisotopic (exact) mass is 546 g/mol. The van der Waals surface area contributed by atoms with E-state index < -0.39 is 11.7 Å². The molecule has 4 N–H and O–H groups in total. The van der Waals surface area contributed by atoms with Crippen molar-refractivity contribution < 1.29 is 28.5 Å². The molecule has 1 spiro atoms. The second-order valence-electron chi connectivity index (χ2n) is 10.4. The Morgan fingerprint density at radius 1 is 1.15 bits per heavy atom. The third kappa shape index (κ3) is 5.19. The normalized spacial score (nSPS) is 22.4. The number of rotatable bonds is 8. The van der Waals surface area contributed by atoms with E-state index in [9.17, 15) is 9.59 Å². The number of nitrogens with two attached hydrogens (primary N) is 1. The first kappa shape index (κ1) is 26.1. The van der Waals surface area contributed by atoms with E-state index in [4.69, 9.17) is 19.9 Å². The van der Waals surface area contributed by atoms with Crippen LogP contribution >= 0.6 is 0 Å². The molecule has 0 bridgehead atoms. The average Bonchev–Trinajstić information content (AvgIpc) is 3.54. The molecule has 1 atom stereocenters. The highest BCUT2D eigenvalue weighted by atomic mass is 16.7. The lowest BCUT2D eigenvalue weighted by Gasteiger charge is -2.35. The molecule has 12 heteroatoms. The first-order chi connectivity index (χ1) is 19.5. The van der Waals surface area contributed by atoms with Crippen LogP contribution in [-0.4, -0.2) is 65.2 Å². The molecule has 2 saturated carbocycles. The first-order valence-corrected chi connectivity index (χ1v) is 13.6. The zero-order chi connectivity index (χ0) is 27.7. The Morgan fingerprint density at radius 3 is 2.73 bits per heavy atom. The second-order valence-corrected chi connectivity index (χ2v) is 10.4. The molecule has 1 saturated heterocycles. The molecule has 208 valence electrons. The van der Waals surface area contributed by atoms with Gasteiger partial charge in [0.05, 0.1) is 43.2 Å². The van der Waals surface area contributed by atoms with E-state index in [1.54, 1.807) is 19.4 Å². The molecule has 2 aliphatic heterocycles. The second kappa shape index (κ2) is 10.8. The van der Waals surface area contributed by atoms with Crippen molar-refractivity contribution in [3.8, 4) is 5.75 Å². The average molecular weight is 547 g/mol. The number of amides is 2. The van der Waals surface area contributed by atoms with E-state index in [1.807, 2.05) is 29.1 Å². The maximum atomic E-state index is 12.2. The van der Waals surface area contributed by atoms with Crippen LogP contribution in [0.15, 0.2) is 35.6 Å². The van der Waals surface area contributed by atoms with Crippen molar-refractivity contribution in [2.75, 3.05) is 31.0 Å². The molecule has 12 nitrogen and oxygen atoms in total. The Kier molecular flexibility index (Phi) is 7.03. The Balaban J connectivity index is 1.28. The SMILES string of the molecule is COc1c(Nc2cc(NC(=O)C3CC3)nnc2C(N)=O)cccc1C1=C/[N+](=C\C2CCCCC23OCCO3)N=C1. The number of nitrogens with zero attached hydrogens (tertiary/aromatic N) is 4. The summed E-state index contributed by atoms with van der Waals surface area (Å²) in [4.78, 5) is 24.3. The van der Waals surface area contributed by atoms with Crippen LogP contribution in [-0.2, 0) is 14.3 Å². The molecule has 2 aromatic rings. The van der Waals surface area contributed by atoms with Gasteiger partial charge < -0.3 is 30.6 Å². The summed E-state index contributed by atoms with van der Waals surface area (Å²) in [6, 6.07) is 7.15. The van der Waals surface area contributed by atoms with Gasteiger partial charge in [0, 0.05) is 24.0 Å². The molecule has 3 fully saturated rings. The van der Waals surface area contributed by atoms with Crippen molar-refractivity contribution in [2.24, 2.45) is 22.7 Å². The fourth-order valence-electron chi connectivity index (χ4n) is 5.43. The smallest absolute Gasteiger partial charge is 0.271 e. The minimum absolute atomic E-state index is 0.00849. The number of para-hydroxylation sites is 1. The van der Waals surface area contributed by atoms with Crippen LogP contribution in [0.25, 0.3) is 5.57 Å². The summed E-state index contributed by atoms with van der Waals surface area (Å²) in [5, 5.41) is 18.4. The van der Waals surface area contributed by atoms with Crippen molar-refractivity contribution >= 4 is 47.0 Å². The molecule has 0 radical (unpaired) electrons. The fraction of sp³-hybridized carbons (Fsp3) is 0.429. The molecular weight excluding hydrogens is 514 g/mol. The predicted octanol–water partition coefficient (Wildman–Crippen LogP) is 3.03. The Bertz CT molecular complexity index is 1430. The molecule has 40 heavy (non-hydrogen) atoms. The molecule has 4 aliphatic rings. The number of anilines is 3. The number of ether oxygens (including phenoxy) is 3. The summed E-state index contributed by atoms with van der Waals surface area (Å²) < 4.78 is 19.7. The quantitative estimate of drug-likeness (QED) is 0.427. The lowest BCUT2D eigenvalue weighted by atomic mass is 9.84. The highest BCUT2D eigenvalue weighted by molar-refractivity contribution is 6.12. The van der Waals surface area contributed by atoms with Gasteiger partial charge in [-0.1, -0.05) is 23.2 Å². The Labute approximate surface area is 231 Å². The predicted molar refractivity (Wildman–Crippen MR) is 148 cm³/mol. The number of hydrogen-bond acceptors (Lipinski definition) is 9. The summed E-state index contributed by atoms with van der Waals surface area (Å²) >= 11 is 0. The number of nitrogens with one attached hydrogen (secondary N) is 2. The fourth-order valence-corrected chi connectivity index (χ4v) is 5.43. The van der Waals surface area contributed by atoms with Gasteiger partial charge in [-0.15, -0.1) is 10.2 Å². The van der Waals surface area contributed by atoms with Crippen LogP contribution in [0, 0.1) is 11.8 Å². The van der Waals surface area contributed by atoms with Crippen molar-refractivity contribution in [1.82, 2.24) is 10.2 Å². The van der Waals surface area contributed by atoms with Crippen molar-refractivity contribution in [2.45, 2.75) is 44.3 Å². The number of hydrogen-bond donors (Lipinski definition) is 3. The van der Waals surface area contributed by atoms with E-state index in [0.717, 1.165) is 49.7 Å². The minimum atomic E-state index is -0.752. The van der Waals surface area contributed by atoms with Crippen molar-refractivity contribution in [1.29, 1.82) is 0 Å². The molecular formula is C28H32N7O5+. The highest BCUT2D eigenvalue weighted by Crippen LogP contribution is 2.40. The summed E-state index contributed by atoms with van der Waals surface area (Å²) in [6.07, 6.45) is 11.6. The van der Waals surface area contributed by atoms with Crippen molar-refractivity contribution in [3.63, 3.8) is 0 Å². The van der Waals surface area contributed by atoms with E-state index in [0.29, 0.717) is 30.3 Å². The number of hydrazone groups is 1. The maximum Gasteiger partial charge on any atom is 0.271 e. The highest BCUT2D eigenvalue weighted by Gasteiger charge is 2.47. The number of benzene rings is 1. The standard InChI is InChI=1S/C28H31N7O5/c1-38-25-20(18-14-30-35(15-18)16-19-5-2-3-10-28(19)39-11-12-40-28)6-4-7-21(25)31-22-13-23(32-27(37)17-8-9-17)33-34-24(22)26(29)36/h4,6-7,13-17,19H,2-3,5,8-12H2,1H3,(H3-,29,31,32,33,36,37)/p+1/b35-16+. The molecule has 6 rings (SSSR count). The molecule has 1 aromatic carbocycles. The number of allylic oxidation sites excluding steroid dienone is 1. The third-order valence-corrected chi connectivity index (χ3v) is 7.59. The van der Waals surface area contributed by atoms with Gasteiger partial charge in [0.1, 0.15) is 12.0 Å². The zero-order valence-corrected chi connectivity index (χ0v) is 22.3. The van der Waals surface area contributed by atoms with E-state index in [-0.39, 0.29) is 29.3 Å². The lowest BCUT2D eigenvalue weighted by molar-refractivity contribution is -0.456. The molecule has 2 amide bonds. The number of methoxy groups -OCH3 is 1. The summed E-state index contributed by atoms with van der Waals surface area (Å²) in [5.41, 5.74) is 8.01. The van der Waals surface area contributed by atoms with Gasteiger partial charge >= 0.3 is 0 Å². The van der Waals surface area contributed by atoms with E-state index in [1.165, 1.54) is 0 Å². The van der Waals surface area contributed by atoms with Crippen LogP contribution in [0.1, 0.15) is 54.6 Å². The van der Waals surface area contributed by atoms with Crippen LogP contribution in [0.3, 0.4) is 0 Å². The molecule has 2 aliphatic carbocycles. The van der Waals surface area contributed by atoms with Gasteiger partial charge in [0.2, 0.25) is 12.1 Å². The van der Waals surface area contributed by atoms with Crippen LogP contribution < -0.4 is 21.1 Å². The zero-order valence-electron chi connectivity index (χ0n) is 22.3. The van der Waals surface area contributed by atoms with Gasteiger partial charge in [0.25, 0.3) is 5.91 Å². The topological polar surface area (TPSA) is 153 Å². The lowest BCUT2D eigenvalue weighted by Crippen LogP contribution is -2.43. The minimum Gasteiger partial charge on any atom is -0.494 e. The van der Waals surface area contributed by atoms with Crippen LogP contribution in [0.2, 0.25) is 0 Å². The Morgan fingerprint density at radius 2 is 1.98 bits per heavy atom. The van der Waals surface area contributed by atoms with Gasteiger partial charge in [0.15, 0.2) is 23.5 Å². The summed E-state index contributed by atoms with van der Waals surface area (Å²) in [6.45, 7) is 1.23. The van der Waals surface area contributed by atoms with E-state index >= 15 is 0 Å². The van der Waals surface area contributed by atoms with Gasteiger partial charge in [-0.25, -0.2) is 0 Å². The molecule has 3 heterocycles. The first-order valence-electron chi connectivity index (χ1n) is 13.6. The number of carbonyl (C=O) groups is 2. The largest absolute Gasteiger partial charge is 0.494 e. The maximum absolute atomic E-state index is 12.2. The van der Waals surface area contributed by atoms with Crippen LogP contribution in [0.4, 0.5) is 17.2 Å². The number of carbonyl (C=O) groups excluding carboxylic acids is 2. The Hall–Kier alpha value is -4.16. The third-order valence-electron chi connectivity index (χ3n) is 7.59. The summed E-state index contributed by atoms with van der Waals surface area (Å²) in [7, 11) is 1.57. The number of aromatic nitrogens is 2. The molecule has 1 unspecified atom stereocenters. The molecule has 1 aromatic heterocycles.